The zero-order valence-electron chi connectivity index (χ0n) is 9.05. The van der Waals surface area contributed by atoms with E-state index >= 15 is 0 Å². The summed E-state index contributed by atoms with van der Waals surface area (Å²) in [6.07, 6.45) is 0. The zero-order chi connectivity index (χ0) is 13.3. The van der Waals surface area contributed by atoms with Gasteiger partial charge in [-0.3, -0.25) is 0 Å². The number of hydrogen-bond acceptors (Lipinski definition) is 3. The van der Waals surface area contributed by atoms with Crippen LogP contribution >= 0.6 is 61.7 Å². The molecule has 0 spiro atoms. The van der Waals surface area contributed by atoms with Gasteiger partial charge in [0.25, 0.3) is 0 Å². The number of ether oxygens (including phenoxy) is 1. The molecule has 0 atom stereocenters. The van der Waals surface area contributed by atoms with Crippen LogP contribution in [0.25, 0.3) is 11.4 Å². The van der Waals surface area contributed by atoms with Crippen LogP contribution in [0.4, 0.5) is 0 Å². The second-order valence-electron chi connectivity index (χ2n) is 3.29. The molecule has 0 aliphatic carbocycles. The molecule has 0 aliphatic rings. The van der Waals surface area contributed by atoms with Crippen LogP contribution in [0.15, 0.2) is 22.7 Å². The molecule has 7 heteroatoms. The fourth-order valence-corrected chi connectivity index (χ4v) is 2.37. The number of nitrogens with zero attached hydrogens (tertiary/aromatic N) is 2. The topological polar surface area (TPSA) is 35.0 Å². The third kappa shape index (κ3) is 2.89. The number of rotatable bonds is 2. The zero-order valence-corrected chi connectivity index (χ0v) is 14.3. The summed E-state index contributed by atoms with van der Waals surface area (Å²) in [5, 5.41) is 0.667. The number of hydrogen-bond donors (Lipinski definition) is 0. The Morgan fingerprint density at radius 3 is 2.39 bits per heavy atom. The summed E-state index contributed by atoms with van der Waals surface area (Å²) in [7, 11) is 1.60. The molecule has 1 aromatic heterocycles. The first-order chi connectivity index (χ1) is 8.52. The van der Waals surface area contributed by atoms with Crippen molar-refractivity contribution in [3.63, 3.8) is 0 Å². The van der Waals surface area contributed by atoms with Gasteiger partial charge in [0.1, 0.15) is 16.1 Å². The Kier molecular flexibility index (Phi) is 4.69. The van der Waals surface area contributed by atoms with E-state index in [1.54, 1.807) is 7.11 Å². The second kappa shape index (κ2) is 5.90. The summed E-state index contributed by atoms with van der Waals surface area (Å²) in [5.41, 5.74) is 0.773. The molecule has 0 N–H and O–H groups in total. The molecule has 1 aromatic carbocycles. The average molecular weight is 460 g/mol. The van der Waals surface area contributed by atoms with Crippen molar-refractivity contribution < 1.29 is 4.74 Å². The van der Waals surface area contributed by atoms with Gasteiger partial charge in [0.05, 0.1) is 10.7 Å². The van der Waals surface area contributed by atoms with Crippen LogP contribution in [-0.4, -0.2) is 17.1 Å². The highest BCUT2D eigenvalue weighted by molar-refractivity contribution is 14.1. The smallest absolute Gasteiger partial charge is 0.163 e. The van der Waals surface area contributed by atoms with E-state index in [0.29, 0.717) is 25.5 Å². The second-order valence-corrected chi connectivity index (χ2v) is 5.94. The lowest BCUT2D eigenvalue weighted by molar-refractivity contribution is 0.415. The van der Waals surface area contributed by atoms with Gasteiger partial charge in [0, 0.05) is 10.0 Å². The molecule has 0 saturated heterocycles. The quantitative estimate of drug-likeness (QED) is 0.477. The Balaban J connectivity index is 2.61. The van der Waals surface area contributed by atoms with Gasteiger partial charge in [-0.15, -0.1) is 0 Å². The molecule has 0 aliphatic heterocycles. The van der Waals surface area contributed by atoms with Gasteiger partial charge in [-0.25, -0.2) is 9.97 Å². The van der Waals surface area contributed by atoms with E-state index in [4.69, 9.17) is 27.9 Å². The molecule has 94 valence electrons. The van der Waals surface area contributed by atoms with E-state index in [-0.39, 0.29) is 0 Å². The van der Waals surface area contributed by atoms with Crippen LogP contribution in [0.2, 0.25) is 10.3 Å². The normalized spacial score (nSPS) is 10.5. The van der Waals surface area contributed by atoms with Crippen LogP contribution in [0.1, 0.15) is 0 Å². The molecule has 2 aromatic rings. The summed E-state index contributed by atoms with van der Waals surface area (Å²) >= 11 is 17.5. The van der Waals surface area contributed by atoms with Crippen molar-refractivity contribution >= 4 is 61.7 Å². The van der Waals surface area contributed by atoms with Crippen molar-refractivity contribution in [3.8, 4) is 17.1 Å². The number of benzene rings is 1. The summed E-state index contributed by atoms with van der Waals surface area (Å²) in [4.78, 5) is 8.43. The molecule has 3 nitrogen and oxygen atoms in total. The summed E-state index contributed by atoms with van der Waals surface area (Å²) < 4.78 is 6.65. The maximum Gasteiger partial charge on any atom is 0.163 e. The third-order valence-corrected chi connectivity index (χ3v) is 5.08. The van der Waals surface area contributed by atoms with Crippen molar-refractivity contribution in [3.05, 3.63) is 36.5 Å². The summed E-state index contributed by atoms with van der Waals surface area (Å²) in [6, 6.07) is 5.51. The van der Waals surface area contributed by atoms with E-state index in [2.05, 4.69) is 25.9 Å². The molecule has 0 bridgehead atoms. The van der Waals surface area contributed by atoms with E-state index in [1.165, 1.54) is 0 Å². The van der Waals surface area contributed by atoms with Crippen molar-refractivity contribution in [2.24, 2.45) is 0 Å². The number of methoxy groups -OCH3 is 1. The summed E-state index contributed by atoms with van der Waals surface area (Å²) in [6.45, 7) is 0. The summed E-state index contributed by atoms with van der Waals surface area (Å²) in [5.74, 6) is 1.17. The Bertz CT molecular complexity index is 587. The first kappa shape index (κ1) is 14.3. The lowest BCUT2D eigenvalue weighted by atomic mass is 10.2. The fraction of sp³-hybridized carbons (Fsp3) is 0.0909. The Morgan fingerprint density at radius 2 is 1.83 bits per heavy atom. The first-order valence-corrected chi connectivity index (χ1v) is 7.38. The van der Waals surface area contributed by atoms with Crippen LogP contribution in [-0.2, 0) is 0 Å². The largest absolute Gasteiger partial charge is 0.497 e. The highest BCUT2D eigenvalue weighted by atomic mass is 127. The van der Waals surface area contributed by atoms with Crippen LogP contribution in [0.5, 0.6) is 5.75 Å². The molecule has 1 heterocycles. The van der Waals surface area contributed by atoms with Crippen LogP contribution in [0.3, 0.4) is 0 Å². The lowest BCUT2D eigenvalue weighted by Crippen LogP contribution is -1.95. The van der Waals surface area contributed by atoms with Gasteiger partial charge < -0.3 is 4.74 Å². The average Bonchev–Trinajstić information content (AvgIpc) is 2.36. The molecule has 0 amide bonds. The van der Waals surface area contributed by atoms with Gasteiger partial charge in [0.15, 0.2) is 5.82 Å². The maximum absolute atomic E-state index is 6.01. The minimum Gasteiger partial charge on any atom is -0.497 e. The number of aromatic nitrogens is 2. The van der Waals surface area contributed by atoms with Gasteiger partial charge in [0.2, 0.25) is 0 Å². The van der Waals surface area contributed by atoms with Crippen molar-refractivity contribution in [2.75, 3.05) is 7.11 Å². The van der Waals surface area contributed by atoms with E-state index < -0.39 is 0 Å². The van der Waals surface area contributed by atoms with E-state index in [1.807, 2.05) is 40.8 Å². The van der Waals surface area contributed by atoms with Gasteiger partial charge in [-0.2, -0.15) is 0 Å². The maximum atomic E-state index is 6.01. The Hall–Kier alpha value is -0.110. The van der Waals surface area contributed by atoms with Gasteiger partial charge in [-0.05, 0) is 40.8 Å². The number of halogens is 4. The highest BCUT2D eigenvalue weighted by Gasteiger charge is 2.13. The predicted octanol–water partition coefficient (Wildman–Crippen LogP) is 4.83. The Morgan fingerprint density at radius 1 is 1.22 bits per heavy atom. The lowest BCUT2D eigenvalue weighted by Gasteiger charge is -2.08. The fourth-order valence-electron chi connectivity index (χ4n) is 1.32. The Labute approximate surface area is 136 Å². The van der Waals surface area contributed by atoms with Crippen molar-refractivity contribution in [1.29, 1.82) is 0 Å². The molecule has 0 saturated carbocycles. The monoisotopic (exact) mass is 458 g/mol. The van der Waals surface area contributed by atoms with Crippen LogP contribution < -0.4 is 4.74 Å². The van der Waals surface area contributed by atoms with Crippen LogP contribution in [0, 0.1) is 3.57 Å². The van der Waals surface area contributed by atoms with Crippen molar-refractivity contribution in [1.82, 2.24) is 9.97 Å². The predicted molar refractivity (Wildman–Crippen MR) is 84.5 cm³/mol. The molecular weight excluding hydrogens is 454 g/mol. The molecule has 18 heavy (non-hydrogen) atoms. The molecule has 0 radical (unpaired) electrons. The van der Waals surface area contributed by atoms with Gasteiger partial charge in [-0.1, -0.05) is 39.1 Å². The molecule has 0 fully saturated rings. The van der Waals surface area contributed by atoms with Gasteiger partial charge >= 0.3 is 0 Å². The standard InChI is InChI=1S/C11H6BrCl2IN2O/c1-18-5-2-3-7(12)6(4-5)11-16-9(13)8(15)10(14)17-11/h2-4H,1H3. The molecule has 2 rings (SSSR count). The first-order valence-electron chi connectivity index (χ1n) is 4.75. The minimum atomic E-state index is 0.334. The van der Waals surface area contributed by atoms with E-state index in [0.717, 1.165) is 10.0 Å². The third-order valence-electron chi connectivity index (χ3n) is 2.18. The van der Waals surface area contributed by atoms with Crippen molar-refractivity contribution in [2.45, 2.75) is 0 Å². The minimum absolute atomic E-state index is 0.334. The molecular formula is C11H6BrCl2IN2O. The highest BCUT2D eigenvalue weighted by Crippen LogP contribution is 2.32. The molecule has 0 unspecified atom stereocenters. The SMILES string of the molecule is COc1ccc(Br)c(-c2nc(Cl)c(I)c(Cl)n2)c1. The van der Waals surface area contributed by atoms with E-state index in [9.17, 15) is 0 Å².